The molecular weight excluding hydrogens is 236 g/mol. The van der Waals surface area contributed by atoms with Crippen LogP contribution in [0.5, 0.6) is 0 Å². The third kappa shape index (κ3) is 6.66. The van der Waals surface area contributed by atoms with E-state index in [1.165, 1.54) is 0 Å². The van der Waals surface area contributed by atoms with Crippen LogP contribution in [-0.2, 0) is 4.74 Å². The van der Waals surface area contributed by atoms with Gasteiger partial charge in [-0.1, -0.05) is 0 Å². The highest BCUT2D eigenvalue weighted by Gasteiger charge is 1.79. The molecule has 0 rings (SSSR count). The molecule has 0 bridgehead atoms. The topological polar surface area (TPSA) is 9.23 Å². The van der Waals surface area contributed by atoms with E-state index in [1.54, 1.807) is 0 Å². The highest BCUT2D eigenvalue weighted by Crippen LogP contribution is 2.11. The van der Waals surface area contributed by atoms with E-state index < -0.39 is 0 Å². The van der Waals surface area contributed by atoms with Crippen LogP contribution in [0, 0.1) is 0 Å². The van der Waals surface area contributed by atoms with E-state index in [-0.39, 0.29) is 0 Å². The molecular formula is C5H8Br2O. The fraction of sp³-hybridized carbons (Fsp3) is 0.600. The highest BCUT2D eigenvalue weighted by atomic mass is 79.9. The second kappa shape index (κ2) is 5.79. The Morgan fingerprint density at radius 2 is 2.25 bits per heavy atom. The lowest BCUT2D eigenvalue weighted by atomic mass is 10.7. The molecule has 0 radical (unpaired) electrons. The molecule has 0 spiro atoms. The van der Waals surface area contributed by atoms with Crippen molar-refractivity contribution in [1.29, 1.82) is 0 Å². The zero-order chi connectivity index (χ0) is 6.41. The lowest BCUT2D eigenvalue weighted by Crippen LogP contribution is -1.87. The summed E-state index contributed by atoms with van der Waals surface area (Å²) >= 11 is 6.40. The second-order valence-corrected chi connectivity index (χ2v) is 3.93. The van der Waals surface area contributed by atoms with Crippen molar-refractivity contribution in [1.82, 2.24) is 0 Å². The van der Waals surface area contributed by atoms with E-state index in [0.29, 0.717) is 6.61 Å². The Bertz CT molecular complexity index is 76.5. The maximum atomic E-state index is 5.01. The van der Waals surface area contributed by atoms with Crippen LogP contribution < -0.4 is 0 Å². The number of hydrogen-bond acceptors (Lipinski definition) is 1. The standard InChI is InChI=1S/C5H8Br2O/c1-2-8-4-3-5(6)7/h3H,2,4H2,1H3. The van der Waals surface area contributed by atoms with Crippen molar-refractivity contribution < 1.29 is 4.74 Å². The van der Waals surface area contributed by atoms with Crippen molar-refractivity contribution >= 4 is 31.9 Å². The predicted molar refractivity (Wildman–Crippen MR) is 42.4 cm³/mol. The van der Waals surface area contributed by atoms with Crippen LogP contribution in [0.3, 0.4) is 0 Å². The van der Waals surface area contributed by atoms with Gasteiger partial charge in [0, 0.05) is 6.61 Å². The summed E-state index contributed by atoms with van der Waals surface area (Å²) in [5, 5.41) is 0. The number of rotatable bonds is 3. The van der Waals surface area contributed by atoms with Gasteiger partial charge < -0.3 is 4.74 Å². The largest absolute Gasteiger partial charge is 0.378 e. The zero-order valence-corrected chi connectivity index (χ0v) is 7.83. The quantitative estimate of drug-likeness (QED) is 0.693. The molecule has 0 heterocycles. The van der Waals surface area contributed by atoms with Gasteiger partial charge in [-0.25, -0.2) is 0 Å². The lowest BCUT2D eigenvalue weighted by molar-refractivity contribution is 0.177. The van der Waals surface area contributed by atoms with Crippen molar-refractivity contribution in [3.05, 3.63) is 9.47 Å². The van der Waals surface area contributed by atoms with Crippen LogP contribution in [-0.4, -0.2) is 13.2 Å². The first-order valence-electron chi connectivity index (χ1n) is 2.36. The Morgan fingerprint density at radius 3 is 2.62 bits per heavy atom. The molecule has 0 aliphatic rings. The minimum absolute atomic E-state index is 0.669. The van der Waals surface area contributed by atoms with Gasteiger partial charge in [-0.15, -0.1) is 0 Å². The zero-order valence-electron chi connectivity index (χ0n) is 4.66. The number of halogens is 2. The molecule has 0 unspecified atom stereocenters. The monoisotopic (exact) mass is 242 g/mol. The average molecular weight is 244 g/mol. The van der Waals surface area contributed by atoms with Crippen molar-refractivity contribution in [2.45, 2.75) is 6.92 Å². The summed E-state index contributed by atoms with van der Waals surface area (Å²) in [6, 6.07) is 0. The normalized spacial score (nSPS) is 8.88. The molecule has 0 aliphatic heterocycles. The molecule has 0 aromatic heterocycles. The Labute approximate surface area is 66.4 Å². The molecule has 0 aromatic carbocycles. The molecule has 3 heteroatoms. The molecule has 0 aromatic rings. The van der Waals surface area contributed by atoms with E-state index in [4.69, 9.17) is 4.74 Å². The van der Waals surface area contributed by atoms with Crippen LogP contribution in [0.15, 0.2) is 9.47 Å². The van der Waals surface area contributed by atoms with Gasteiger partial charge in [0.05, 0.1) is 10.00 Å². The van der Waals surface area contributed by atoms with Crippen LogP contribution in [0.2, 0.25) is 0 Å². The summed E-state index contributed by atoms with van der Waals surface area (Å²) in [6.45, 7) is 3.40. The molecule has 1 nitrogen and oxygen atoms in total. The fourth-order valence-electron chi connectivity index (χ4n) is 0.240. The van der Waals surface area contributed by atoms with E-state index in [0.717, 1.165) is 10.00 Å². The van der Waals surface area contributed by atoms with Gasteiger partial charge in [0.15, 0.2) is 0 Å². The summed E-state index contributed by atoms with van der Waals surface area (Å²) in [5.41, 5.74) is 0. The molecule has 48 valence electrons. The molecule has 0 saturated carbocycles. The van der Waals surface area contributed by atoms with Crippen LogP contribution in [0.1, 0.15) is 6.92 Å². The SMILES string of the molecule is CCOCC=C(Br)Br. The molecule has 0 amide bonds. The first-order valence-corrected chi connectivity index (χ1v) is 3.95. The van der Waals surface area contributed by atoms with Gasteiger partial charge in [0.1, 0.15) is 0 Å². The average Bonchev–Trinajstić information content (AvgIpc) is 1.66. The van der Waals surface area contributed by atoms with Crippen LogP contribution in [0.4, 0.5) is 0 Å². The smallest absolute Gasteiger partial charge is 0.0666 e. The Kier molecular flexibility index (Phi) is 6.27. The van der Waals surface area contributed by atoms with Gasteiger partial charge in [-0.3, -0.25) is 0 Å². The van der Waals surface area contributed by atoms with Gasteiger partial charge >= 0.3 is 0 Å². The van der Waals surface area contributed by atoms with Gasteiger partial charge in [-0.2, -0.15) is 0 Å². The maximum absolute atomic E-state index is 5.01. The van der Waals surface area contributed by atoms with E-state index in [9.17, 15) is 0 Å². The third-order valence-corrected chi connectivity index (χ3v) is 1.21. The highest BCUT2D eigenvalue weighted by molar-refractivity contribution is 9.28. The second-order valence-electron chi connectivity index (χ2n) is 1.15. The molecule has 0 fully saturated rings. The summed E-state index contributed by atoms with van der Waals surface area (Å²) in [4.78, 5) is 0. The van der Waals surface area contributed by atoms with Crippen molar-refractivity contribution in [3.8, 4) is 0 Å². The molecule has 0 N–H and O–H groups in total. The molecule has 0 atom stereocenters. The lowest BCUT2D eigenvalue weighted by Gasteiger charge is -1.91. The van der Waals surface area contributed by atoms with Gasteiger partial charge in [0.2, 0.25) is 0 Å². The van der Waals surface area contributed by atoms with Gasteiger partial charge in [-0.05, 0) is 44.9 Å². The van der Waals surface area contributed by atoms with Crippen LogP contribution in [0.25, 0.3) is 0 Å². The van der Waals surface area contributed by atoms with Crippen LogP contribution >= 0.6 is 31.9 Å². The minimum Gasteiger partial charge on any atom is -0.378 e. The first kappa shape index (κ1) is 8.66. The van der Waals surface area contributed by atoms with E-state index >= 15 is 0 Å². The van der Waals surface area contributed by atoms with E-state index in [2.05, 4.69) is 31.9 Å². The van der Waals surface area contributed by atoms with Crippen molar-refractivity contribution in [3.63, 3.8) is 0 Å². The minimum atomic E-state index is 0.669. The number of ether oxygens (including phenoxy) is 1. The predicted octanol–water partition coefficient (Wildman–Crippen LogP) is 2.65. The third-order valence-electron chi connectivity index (χ3n) is 0.560. The Hall–Kier alpha value is 0.660. The molecule has 8 heavy (non-hydrogen) atoms. The fourth-order valence-corrected chi connectivity index (χ4v) is 0.504. The summed E-state index contributed by atoms with van der Waals surface area (Å²) in [6.07, 6.45) is 1.91. The van der Waals surface area contributed by atoms with E-state index in [1.807, 2.05) is 13.0 Å². The summed E-state index contributed by atoms with van der Waals surface area (Å²) < 4.78 is 5.95. The van der Waals surface area contributed by atoms with Crippen molar-refractivity contribution in [2.75, 3.05) is 13.2 Å². The molecule has 0 aliphatic carbocycles. The summed E-state index contributed by atoms with van der Waals surface area (Å²) in [5.74, 6) is 0. The molecule has 0 saturated heterocycles. The number of hydrogen-bond donors (Lipinski definition) is 0. The van der Waals surface area contributed by atoms with Crippen molar-refractivity contribution in [2.24, 2.45) is 0 Å². The van der Waals surface area contributed by atoms with Gasteiger partial charge in [0.25, 0.3) is 0 Å². The first-order chi connectivity index (χ1) is 3.77. The maximum Gasteiger partial charge on any atom is 0.0666 e. The Morgan fingerprint density at radius 1 is 1.62 bits per heavy atom. The Balaban J connectivity index is 3.03. The summed E-state index contributed by atoms with van der Waals surface area (Å²) in [7, 11) is 0.